The summed E-state index contributed by atoms with van der Waals surface area (Å²) in [4.78, 5) is 37.5. The van der Waals surface area contributed by atoms with Crippen LogP contribution in [0.1, 0.15) is 37.4 Å². The van der Waals surface area contributed by atoms with E-state index in [1.54, 1.807) is 72.8 Å². The Morgan fingerprint density at radius 3 is 2.07 bits per heavy atom. The van der Waals surface area contributed by atoms with Gasteiger partial charge in [0.15, 0.2) is 11.6 Å². The molecule has 3 aromatic rings. The van der Waals surface area contributed by atoms with Crippen molar-refractivity contribution in [1.29, 1.82) is 0 Å². The van der Waals surface area contributed by atoms with Crippen molar-refractivity contribution in [3.05, 3.63) is 106 Å². The molecule has 1 amide bonds. The fourth-order valence-corrected chi connectivity index (χ4v) is 3.23. The molecule has 0 heterocycles. The maximum atomic E-state index is 12.7. The minimum Gasteiger partial charge on any atom is -0.322 e. The van der Waals surface area contributed by atoms with Gasteiger partial charge in [0.25, 0.3) is 0 Å². The molecular weight excluding hydrogens is 374 g/mol. The third-order valence-corrected chi connectivity index (χ3v) is 4.74. The number of fused-ring (bicyclic) bond motifs is 2. The standard InChI is InChI=1S/C23H14ClNO3/c24-15-8-5-14(6-9-15)7-12-21(26)25-16-10-11-19-20(13-16)23(28)18-4-2-1-3-17(18)22(19)27/h1-13H,(H,25,26). The molecule has 1 N–H and O–H groups in total. The van der Waals surface area contributed by atoms with E-state index >= 15 is 0 Å². The van der Waals surface area contributed by atoms with Crippen molar-refractivity contribution in [2.75, 3.05) is 5.32 Å². The first-order chi connectivity index (χ1) is 13.5. The molecule has 0 aromatic heterocycles. The predicted molar refractivity (Wildman–Crippen MR) is 109 cm³/mol. The Labute approximate surface area is 166 Å². The number of nitrogens with one attached hydrogen (secondary N) is 1. The van der Waals surface area contributed by atoms with Gasteiger partial charge in [-0.25, -0.2) is 0 Å². The van der Waals surface area contributed by atoms with Crippen molar-refractivity contribution in [2.45, 2.75) is 0 Å². The zero-order chi connectivity index (χ0) is 19.7. The first-order valence-electron chi connectivity index (χ1n) is 8.60. The maximum Gasteiger partial charge on any atom is 0.248 e. The second kappa shape index (κ2) is 7.25. The first kappa shape index (κ1) is 17.9. The van der Waals surface area contributed by atoms with Gasteiger partial charge in [0.05, 0.1) is 0 Å². The van der Waals surface area contributed by atoms with Crippen molar-refractivity contribution in [3.8, 4) is 0 Å². The summed E-state index contributed by atoms with van der Waals surface area (Å²) < 4.78 is 0. The van der Waals surface area contributed by atoms with Crippen LogP contribution in [0.3, 0.4) is 0 Å². The van der Waals surface area contributed by atoms with Crippen molar-refractivity contribution < 1.29 is 14.4 Å². The van der Waals surface area contributed by atoms with Crippen molar-refractivity contribution in [1.82, 2.24) is 0 Å². The monoisotopic (exact) mass is 387 g/mol. The molecule has 3 aromatic carbocycles. The van der Waals surface area contributed by atoms with E-state index in [-0.39, 0.29) is 17.5 Å². The molecule has 0 saturated heterocycles. The van der Waals surface area contributed by atoms with Crippen LogP contribution in [0.4, 0.5) is 5.69 Å². The number of anilines is 1. The molecule has 0 atom stereocenters. The molecule has 4 nitrogen and oxygen atoms in total. The van der Waals surface area contributed by atoms with E-state index in [1.165, 1.54) is 6.08 Å². The Hall–Kier alpha value is -3.50. The van der Waals surface area contributed by atoms with Gasteiger partial charge in [-0.3, -0.25) is 14.4 Å². The highest BCUT2D eigenvalue weighted by Crippen LogP contribution is 2.29. The second-order valence-corrected chi connectivity index (χ2v) is 6.77. The molecule has 1 aliphatic rings. The van der Waals surface area contributed by atoms with Crippen LogP contribution in [0, 0.1) is 0 Å². The molecule has 28 heavy (non-hydrogen) atoms. The molecule has 5 heteroatoms. The quantitative estimate of drug-likeness (QED) is 0.515. The lowest BCUT2D eigenvalue weighted by Gasteiger charge is -2.18. The predicted octanol–water partition coefficient (Wildman–Crippen LogP) is 4.77. The fourth-order valence-electron chi connectivity index (χ4n) is 3.11. The number of amides is 1. The number of carbonyl (C=O) groups is 3. The Kier molecular flexibility index (Phi) is 4.63. The zero-order valence-electron chi connectivity index (χ0n) is 14.6. The van der Waals surface area contributed by atoms with Gasteiger partial charge in [-0.1, -0.05) is 48.0 Å². The smallest absolute Gasteiger partial charge is 0.248 e. The Bertz CT molecular complexity index is 1150. The van der Waals surface area contributed by atoms with Crippen LogP contribution in [-0.2, 0) is 4.79 Å². The van der Waals surface area contributed by atoms with Crippen LogP contribution in [0.2, 0.25) is 5.02 Å². The van der Waals surface area contributed by atoms with Gasteiger partial charge in [0.1, 0.15) is 0 Å². The summed E-state index contributed by atoms with van der Waals surface area (Å²) in [5, 5.41) is 3.34. The normalized spacial score (nSPS) is 12.6. The number of hydrogen-bond acceptors (Lipinski definition) is 3. The maximum absolute atomic E-state index is 12.7. The van der Waals surface area contributed by atoms with Crippen LogP contribution in [0.15, 0.2) is 72.8 Å². The topological polar surface area (TPSA) is 63.2 Å². The highest BCUT2D eigenvalue weighted by atomic mass is 35.5. The Morgan fingerprint density at radius 2 is 1.39 bits per heavy atom. The van der Waals surface area contributed by atoms with E-state index < -0.39 is 0 Å². The van der Waals surface area contributed by atoms with E-state index in [9.17, 15) is 14.4 Å². The molecular formula is C23H14ClNO3. The van der Waals surface area contributed by atoms with Crippen LogP contribution < -0.4 is 5.32 Å². The lowest BCUT2D eigenvalue weighted by Crippen LogP contribution is -2.21. The lowest BCUT2D eigenvalue weighted by molar-refractivity contribution is -0.111. The Balaban J connectivity index is 1.56. The average Bonchev–Trinajstić information content (AvgIpc) is 2.71. The summed E-state index contributed by atoms with van der Waals surface area (Å²) in [6.07, 6.45) is 3.06. The minimum atomic E-state index is -0.343. The molecule has 0 spiro atoms. The summed E-state index contributed by atoms with van der Waals surface area (Å²) in [6.45, 7) is 0. The van der Waals surface area contributed by atoms with Gasteiger partial charge in [0.2, 0.25) is 5.91 Å². The highest BCUT2D eigenvalue weighted by Gasteiger charge is 2.29. The number of carbonyl (C=O) groups excluding carboxylic acids is 3. The number of hydrogen-bond donors (Lipinski definition) is 1. The van der Waals surface area contributed by atoms with Crippen LogP contribution in [0.25, 0.3) is 6.08 Å². The third kappa shape index (κ3) is 3.38. The largest absolute Gasteiger partial charge is 0.322 e. The number of halogens is 1. The number of ketones is 2. The second-order valence-electron chi connectivity index (χ2n) is 6.34. The van der Waals surface area contributed by atoms with E-state index in [1.807, 2.05) is 0 Å². The van der Waals surface area contributed by atoms with E-state index in [2.05, 4.69) is 5.32 Å². The SMILES string of the molecule is O=C(C=Cc1ccc(Cl)cc1)Nc1ccc2c(c1)C(=O)c1ccccc1C2=O. The van der Waals surface area contributed by atoms with E-state index in [0.29, 0.717) is 33.0 Å². The molecule has 136 valence electrons. The van der Waals surface area contributed by atoms with Gasteiger partial charge in [-0.2, -0.15) is 0 Å². The van der Waals surface area contributed by atoms with Gasteiger partial charge in [-0.05, 0) is 42.0 Å². The first-order valence-corrected chi connectivity index (χ1v) is 8.98. The summed E-state index contributed by atoms with van der Waals surface area (Å²) in [5.41, 5.74) is 2.71. The van der Waals surface area contributed by atoms with Crippen LogP contribution in [-0.4, -0.2) is 17.5 Å². The molecule has 0 unspecified atom stereocenters. The molecule has 1 aliphatic carbocycles. The van der Waals surface area contributed by atoms with E-state index in [0.717, 1.165) is 5.56 Å². The number of rotatable bonds is 3. The average molecular weight is 388 g/mol. The molecule has 0 saturated carbocycles. The fraction of sp³-hybridized carbons (Fsp3) is 0. The van der Waals surface area contributed by atoms with E-state index in [4.69, 9.17) is 11.6 Å². The van der Waals surface area contributed by atoms with Crippen molar-refractivity contribution >= 4 is 40.8 Å². The van der Waals surface area contributed by atoms with Gasteiger partial charge in [-0.15, -0.1) is 0 Å². The summed E-state index contributed by atoms with van der Waals surface area (Å²) in [6, 6.07) is 18.5. The third-order valence-electron chi connectivity index (χ3n) is 4.49. The highest BCUT2D eigenvalue weighted by molar-refractivity contribution is 6.30. The summed E-state index contributed by atoms with van der Waals surface area (Å²) >= 11 is 5.84. The van der Waals surface area contributed by atoms with Gasteiger partial charge < -0.3 is 5.32 Å². The zero-order valence-corrected chi connectivity index (χ0v) is 15.4. The molecule has 0 radical (unpaired) electrons. The van der Waals surface area contributed by atoms with Gasteiger partial charge >= 0.3 is 0 Å². The van der Waals surface area contributed by atoms with Crippen LogP contribution in [0.5, 0.6) is 0 Å². The summed E-state index contributed by atoms with van der Waals surface area (Å²) in [7, 11) is 0. The lowest BCUT2D eigenvalue weighted by atomic mass is 9.84. The van der Waals surface area contributed by atoms with Gasteiger partial charge in [0, 0.05) is 39.0 Å². The summed E-state index contributed by atoms with van der Waals surface area (Å²) in [5.74, 6) is -0.756. The van der Waals surface area contributed by atoms with Crippen LogP contribution >= 0.6 is 11.6 Å². The van der Waals surface area contributed by atoms with Crippen molar-refractivity contribution in [2.24, 2.45) is 0 Å². The molecule has 0 aliphatic heterocycles. The van der Waals surface area contributed by atoms with Crippen molar-refractivity contribution in [3.63, 3.8) is 0 Å². The molecule has 0 bridgehead atoms. The number of benzene rings is 3. The molecule has 0 fully saturated rings. The minimum absolute atomic E-state index is 0.189. The Morgan fingerprint density at radius 1 is 0.786 bits per heavy atom. The molecule has 4 rings (SSSR count).